The van der Waals surface area contributed by atoms with Crippen molar-refractivity contribution in [3.8, 4) is 0 Å². The Morgan fingerprint density at radius 1 is 1.32 bits per heavy atom. The molecule has 0 fully saturated rings. The molecule has 1 N–H and O–H groups in total. The highest BCUT2D eigenvalue weighted by atomic mass is 35.5. The van der Waals surface area contributed by atoms with Crippen molar-refractivity contribution in [2.45, 2.75) is 51.7 Å². The van der Waals surface area contributed by atoms with Gasteiger partial charge in [0, 0.05) is 18.1 Å². The molecule has 0 aliphatic heterocycles. The highest BCUT2D eigenvalue weighted by molar-refractivity contribution is 6.31. The van der Waals surface area contributed by atoms with Crippen molar-refractivity contribution in [3.63, 3.8) is 0 Å². The van der Waals surface area contributed by atoms with Gasteiger partial charge in [-0.25, -0.2) is 4.39 Å². The minimum atomic E-state index is -0.662. The number of ether oxygens (including phenoxy) is 1. The molecule has 1 aromatic rings. The Morgan fingerprint density at radius 2 is 1.95 bits per heavy atom. The van der Waals surface area contributed by atoms with Crippen LogP contribution in [0.2, 0.25) is 5.02 Å². The maximum Gasteiger partial charge on any atom is 0.124 e. The second-order valence-corrected chi connectivity index (χ2v) is 5.07. The lowest BCUT2D eigenvalue weighted by molar-refractivity contribution is -0.124. The number of aliphatic hydroxyl groups excluding tert-OH is 1. The molecule has 19 heavy (non-hydrogen) atoms. The molecule has 0 radical (unpaired) electrons. The van der Waals surface area contributed by atoms with Gasteiger partial charge in [0.05, 0.1) is 11.7 Å². The lowest BCUT2D eigenvalue weighted by Crippen LogP contribution is -2.45. The molecule has 1 aromatic carbocycles. The molecular weight excluding hydrogens is 267 g/mol. The summed E-state index contributed by atoms with van der Waals surface area (Å²) in [7, 11) is 0. The highest BCUT2D eigenvalue weighted by Crippen LogP contribution is 2.29. The first kappa shape index (κ1) is 16.4. The molecule has 1 unspecified atom stereocenters. The molecule has 0 heterocycles. The fourth-order valence-electron chi connectivity index (χ4n) is 2.39. The summed E-state index contributed by atoms with van der Waals surface area (Å²) >= 11 is 6.00. The summed E-state index contributed by atoms with van der Waals surface area (Å²) in [6, 6.07) is 4.24. The summed E-state index contributed by atoms with van der Waals surface area (Å²) in [4.78, 5) is 0. The Balaban J connectivity index is 2.89. The van der Waals surface area contributed by atoms with Crippen molar-refractivity contribution in [2.24, 2.45) is 0 Å². The SMILES string of the molecule is CCOC(CC)(CC)C(O)Cc1ccc(F)cc1Cl. The van der Waals surface area contributed by atoms with Gasteiger partial charge in [0.1, 0.15) is 5.82 Å². The third-order valence-corrected chi connectivity index (χ3v) is 4.02. The van der Waals surface area contributed by atoms with Gasteiger partial charge in [-0.05, 0) is 37.5 Å². The lowest BCUT2D eigenvalue weighted by Gasteiger charge is -2.36. The summed E-state index contributed by atoms with van der Waals surface area (Å²) in [5.41, 5.74) is 0.175. The average molecular weight is 289 g/mol. The van der Waals surface area contributed by atoms with Gasteiger partial charge in [0.25, 0.3) is 0 Å². The van der Waals surface area contributed by atoms with Crippen molar-refractivity contribution in [3.05, 3.63) is 34.6 Å². The van der Waals surface area contributed by atoms with E-state index in [0.29, 0.717) is 18.1 Å². The minimum Gasteiger partial charge on any atom is -0.390 e. The molecule has 108 valence electrons. The third kappa shape index (κ3) is 3.91. The summed E-state index contributed by atoms with van der Waals surface area (Å²) in [6.45, 7) is 6.46. The summed E-state index contributed by atoms with van der Waals surface area (Å²) in [6.07, 6.45) is 1.14. The van der Waals surface area contributed by atoms with Crippen molar-refractivity contribution >= 4 is 11.6 Å². The molecule has 0 saturated carbocycles. The minimum absolute atomic E-state index is 0.344. The Kier molecular flexibility index (Phi) is 6.24. The Morgan fingerprint density at radius 3 is 2.42 bits per heavy atom. The van der Waals surface area contributed by atoms with Gasteiger partial charge in [-0.15, -0.1) is 0 Å². The number of hydrogen-bond acceptors (Lipinski definition) is 2. The van der Waals surface area contributed by atoms with Crippen LogP contribution in [0.15, 0.2) is 18.2 Å². The van der Waals surface area contributed by atoms with E-state index in [1.165, 1.54) is 12.1 Å². The molecule has 0 bridgehead atoms. The zero-order valence-electron chi connectivity index (χ0n) is 11.7. The lowest BCUT2D eigenvalue weighted by atomic mass is 9.86. The van der Waals surface area contributed by atoms with E-state index in [0.717, 1.165) is 18.4 Å². The molecule has 1 atom stereocenters. The summed E-state index contributed by atoms with van der Waals surface area (Å²) < 4.78 is 18.8. The van der Waals surface area contributed by atoms with E-state index in [-0.39, 0.29) is 5.82 Å². The van der Waals surface area contributed by atoms with Gasteiger partial charge in [0.15, 0.2) is 0 Å². The van der Waals surface area contributed by atoms with Crippen LogP contribution in [0.1, 0.15) is 39.2 Å². The smallest absolute Gasteiger partial charge is 0.124 e. The average Bonchev–Trinajstić information content (AvgIpc) is 2.39. The third-order valence-electron chi connectivity index (χ3n) is 3.66. The second kappa shape index (κ2) is 7.22. The van der Waals surface area contributed by atoms with Crippen LogP contribution in [0, 0.1) is 5.82 Å². The predicted octanol–water partition coefficient (Wildman–Crippen LogP) is 3.98. The zero-order chi connectivity index (χ0) is 14.5. The molecule has 2 nitrogen and oxygen atoms in total. The van der Waals surface area contributed by atoms with Crippen LogP contribution in [0.25, 0.3) is 0 Å². The molecule has 0 aliphatic rings. The van der Waals surface area contributed by atoms with Gasteiger partial charge in [0.2, 0.25) is 0 Å². The molecule has 4 heteroatoms. The normalized spacial score (nSPS) is 13.6. The quantitative estimate of drug-likeness (QED) is 0.822. The fourth-order valence-corrected chi connectivity index (χ4v) is 2.63. The van der Waals surface area contributed by atoms with Gasteiger partial charge < -0.3 is 9.84 Å². The maximum absolute atomic E-state index is 13.0. The Hall–Kier alpha value is -0.640. The van der Waals surface area contributed by atoms with E-state index >= 15 is 0 Å². The van der Waals surface area contributed by atoms with Crippen LogP contribution in [0.4, 0.5) is 4.39 Å². The molecule has 0 saturated heterocycles. The number of benzene rings is 1. The first-order chi connectivity index (χ1) is 8.99. The maximum atomic E-state index is 13.0. The topological polar surface area (TPSA) is 29.5 Å². The van der Waals surface area contributed by atoms with Crippen molar-refractivity contribution in [1.82, 2.24) is 0 Å². The van der Waals surface area contributed by atoms with E-state index in [1.807, 2.05) is 20.8 Å². The van der Waals surface area contributed by atoms with Crippen LogP contribution < -0.4 is 0 Å². The van der Waals surface area contributed by atoms with Crippen LogP contribution in [0.5, 0.6) is 0 Å². The number of hydrogen-bond donors (Lipinski definition) is 1. The van der Waals surface area contributed by atoms with E-state index in [4.69, 9.17) is 16.3 Å². The van der Waals surface area contributed by atoms with Crippen molar-refractivity contribution in [2.75, 3.05) is 6.61 Å². The predicted molar refractivity (Wildman–Crippen MR) is 76.1 cm³/mol. The Bertz CT molecular complexity index is 405. The molecule has 0 aliphatic carbocycles. The second-order valence-electron chi connectivity index (χ2n) is 4.66. The monoisotopic (exact) mass is 288 g/mol. The largest absolute Gasteiger partial charge is 0.390 e. The van der Waals surface area contributed by atoms with Crippen LogP contribution >= 0.6 is 11.6 Å². The highest BCUT2D eigenvalue weighted by Gasteiger charge is 2.35. The molecule has 0 amide bonds. The van der Waals surface area contributed by atoms with Crippen LogP contribution in [-0.4, -0.2) is 23.4 Å². The number of rotatable bonds is 7. The standard InChI is InChI=1S/C15H22ClFO2/c1-4-15(5-2,19-6-3)14(18)9-11-7-8-12(17)10-13(11)16/h7-8,10,14,18H,4-6,9H2,1-3H3. The summed E-state index contributed by atoms with van der Waals surface area (Å²) in [5, 5.41) is 10.8. The summed E-state index contributed by atoms with van der Waals surface area (Å²) in [5.74, 6) is -0.370. The van der Waals surface area contributed by atoms with Crippen LogP contribution in [0.3, 0.4) is 0 Å². The zero-order valence-corrected chi connectivity index (χ0v) is 12.5. The number of aliphatic hydroxyl groups is 1. The van der Waals surface area contributed by atoms with Crippen molar-refractivity contribution in [1.29, 1.82) is 0 Å². The van der Waals surface area contributed by atoms with Gasteiger partial charge in [-0.2, -0.15) is 0 Å². The fraction of sp³-hybridized carbons (Fsp3) is 0.600. The molecule has 0 spiro atoms. The van der Waals surface area contributed by atoms with Gasteiger partial charge >= 0.3 is 0 Å². The number of halogens is 2. The van der Waals surface area contributed by atoms with E-state index in [2.05, 4.69) is 0 Å². The Labute approximate surface area is 119 Å². The molecule has 1 rings (SSSR count). The van der Waals surface area contributed by atoms with Gasteiger partial charge in [-0.1, -0.05) is 31.5 Å². The first-order valence-corrected chi connectivity index (χ1v) is 7.12. The van der Waals surface area contributed by atoms with E-state index in [1.54, 1.807) is 6.07 Å². The van der Waals surface area contributed by atoms with E-state index in [9.17, 15) is 9.50 Å². The molecular formula is C15H22ClFO2. The van der Waals surface area contributed by atoms with Gasteiger partial charge in [-0.3, -0.25) is 0 Å². The van der Waals surface area contributed by atoms with E-state index < -0.39 is 11.7 Å². The molecule has 0 aromatic heterocycles. The first-order valence-electron chi connectivity index (χ1n) is 6.75. The van der Waals surface area contributed by atoms with Crippen molar-refractivity contribution < 1.29 is 14.2 Å². The van der Waals surface area contributed by atoms with Crippen LogP contribution in [-0.2, 0) is 11.2 Å².